The predicted molar refractivity (Wildman–Crippen MR) is 60.1 cm³/mol. The molecule has 0 bridgehead atoms. The van der Waals surface area contributed by atoms with Crippen molar-refractivity contribution >= 4 is 5.97 Å². The topological polar surface area (TPSA) is 48.4 Å². The summed E-state index contributed by atoms with van der Waals surface area (Å²) in [6, 6.07) is 3.83. The van der Waals surface area contributed by atoms with E-state index in [1.807, 2.05) is 12.1 Å². The van der Waals surface area contributed by atoms with Crippen molar-refractivity contribution in [3.05, 3.63) is 29.6 Å². The van der Waals surface area contributed by atoms with E-state index in [1.54, 1.807) is 13.3 Å². The van der Waals surface area contributed by atoms with Crippen LogP contribution in [0, 0.1) is 5.92 Å². The van der Waals surface area contributed by atoms with Crippen LogP contribution in [0.2, 0.25) is 0 Å². The lowest BCUT2D eigenvalue weighted by molar-refractivity contribution is -0.224. The van der Waals surface area contributed by atoms with Gasteiger partial charge in [0.15, 0.2) is 0 Å². The molecule has 2 aliphatic rings. The van der Waals surface area contributed by atoms with E-state index in [-0.39, 0.29) is 11.9 Å². The molecule has 4 nitrogen and oxygen atoms in total. The number of methoxy groups -OCH3 is 1. The molecule has 0 saturated carbocycles. The van der Waals surface area contributed by atoms with Crippen molar-refractivity contribution in [1.29, 1.82) is 0 Å². The number of rotatable bonds is 1. The van der Waals surface area contributed by atoms with Crippen molar-refractivity contribution in [1.82, 2.24) is 4.98 Å². The van der Waals surface area contributed by atoms with E-state index < -0.39 is 5.79 Å². The van der Waals surface area contributed by atoms with Gasteiger partial charge in [0.05, 0.1) is 12.1 Å². The lowest BCUT2D eigenvalue weighted by Crippen LogP contribution is -2.35. The minimum atomic E-state index is -0.892. The van der Waals surface area contributed by atoms with E-state index in [1.165, 1.54) is 0 Å². The summed E-state index contributed by atoms with van der Waals surface area (Å²) < 4.78 is 11.1. The van der Waals surface area contributed by atoms with Crippen molar-refractivity contribution in [2.24, 2.45) is 5.92 Å². The van der Waals surface area contributed by atoms with Crippen molar-refractivity contribution in [2.45, 2.75) is 31.5 Å². The number of aryl methyl sites for hydroxylation is 1. The molecule has 0 aromatic carbocycles. The Labute approximate surface area is 99.9 Å². The summed E-state index contributed by atoms with van der Waals surface area (Å²) in [7, 11) is 1.60. The van der Waals surface area contributed by atoms with E-state index in [4.69, 9.17) is 9.47 Å². The third-order valence-corrected chi connectivity index (χ3v) is 3.75. The van der Waals surface area contributed by atoms with Crippen LogP contribution in [0.25, 0.3) is 0 Å². The number of carbonyl (C=O) groups excluding carboxylic acids is 1. The number of hydrogen-bond acceptors (Lipinski definition) is 4. The van der Waals surface area contributed by atoms with Gasteiger partial charge < -0.3 is 9.47 Å². The van der Waals surface area contributed by atoms with Gasteiger partial charge in [0.25, 0.3) is 0 Å². The fourth-order valence-electron chi connectivity index (χ4n) is 2.99. The van der Waals surface area contributed by atoms with Crippen LogP contribution in [0.3, 0.4) is 0 Å². The maximum absolute atomic E-state index is 11.6. The van der Waals surface area contributed by atoms with Crippen molar-refractivity contribution in [3.8, 4) is 0 Å². The Morgan fingerprint density at radius 1 is 1.59 bits per heavy atom. The van der Waals surface area contributed by atoms with E-state index in [0.29, 0.717) is 6.42 Å². The normalized spacial score (nSPS) is 31.4. The molecule has 17 heavy (non-hydrogen) atoms. The average molecular weight is 233 g/mol. The zero-order valence-corrected chi connectivity index (χ0v) is 9.81. The van der Waals surface area contributed by atoms with Crippen LogP contribution in [0.4, 0.5) is 0 Å². The molecule has 1 aliphatic carbocycles. The zero-order chi connectivity index (χ0) is 11.9. The van der Waals surface area contributed by atoms with Gasteiger partial charge in [-0.1, -0.05) is 0 Å². The van der Waals surface area contributed by atoms with Crippen LogP contribution < -0.4 is 0 Å². The molecule has 0 spiro atoms. The van der Waals surface area contributed by atoms with Crippen LogP contribution in [-0.2, 0) is 26.5 Å². The highest BCUT2D eigenvalue weighted by atomic mass is 16.7. The summed E-state index contributed by atoms with van der Waals surface area (Å²) in [5.74, 6) is -0.948. The standard InChI is InChI=1S/C13H15NO3/c1-16-13-9(8-12(15)17-13)4-2-6-11-10(13)5-3-7-14-11/h3,5,7,9H,2,4,6,8H2,1H3/t9-,13+/m1/s1. The lowest BCUT2D eigenvalue weighted by atomic mass is 9.90. The van der Waals surface area contributed by atoms with Crippen LogP contribution in [-0.4, -0.2) is 18.1 Å². The molecule has 2 atom stereocenters. The van der Waals surface area contributed by atoms with Crippen molar-refractivity contribution in [3.63, 3.8) is 0 Å². The fraction of sp³-hybridized carbons (Fsp3) is 0.538. The number of hydrogen-bond donors (Lipinski definition) is 0. The second-order valence-electron chi connectivity index (χ2n) is 4.64. The van der Waals surface area contributed by atoms with Gasteiger partial charge >= 0.3 is 5.97 Å². The largest absolute Gasteiger partial charge is 0.428 e. The fourth-order valence-corrected chi connectivity index (χ4v) is 2.99. The Balaban J connectivity index is 2.16. The van der Waals surface area contributed by atoms with E-state index in [2.05, 4.69) is 4.98 Å². The van der Waals surface area contributed by atoms with E-state index >= 15 is 0 Å². The Kier molecular flexibility index (Phi) is 2.40. The summed E-state index contributed by atoms with van der Waals surface area (Å²) >= 11 is 0. The molecule has 3 rings (SSSR count). The second kappa shape index (κ2) is 3.81. The number of fused-ring (bicyclic) bond motifs is 3. The number of ether oxygens (including phenoxy) is 2. The molecule has 1 aromatic heterocycles. The summed E-state index contributed by atoms with van der Waals surface area (Å²) in [5, 5.41) is 0. The summed E-state index contributed by atoms with van der Waals surface area (Å²) in [5.41, 5.74) is 1.92. The number of nitrogens with zero attached hydrogens (tertiary/aromatic N) is 1. The number of esters is 1. The van der Waals surface area contributed by atoms with Gasteiger partial charge in [-0.15, -0.1) is 0 Å². The first kappa shape index (κ1) is 10.7. The van der Waals surface area contributed by atoms with Crippen LogP contribution >= 0.6 is 0 Å². The molecule has 1 fully saturated rings. The molecule has 1 aromatic rings. The first-order valence-electron chi connectivity index (χ1n) is 5.97. The summed E-state index contributed by atoms with van der Waals surface area (Å²) in [4.78, 5) is 16.0. The Morgan fingerprint density at radius 3 is 3.29 bits per heavy atom. The van der Waals surface area contributed by atoms with Gasteiger partial charge in [0.2, 0.25) is 5.79 Å². The monoisotopic (exact) mass is 233 g/mol. The van der Waals surface area contributed by atoms with Gasteiger partial charge in [-0.3, -0.25) is 9.78 Å². The molecule has 1 saturated heterocycles. The highest BCUT2D eigenvalue weighted by Gasteiger charge is 2.53. The molecule has 0 radical (unpaired) electrons. The summed E-state index contributed by atoms with van der Waals surface area (Å²) in [6.45, 7) is 0. The molecule has 0 N–H and O–H groups in total. The minimum Gasteiger partial charge on any atom is -0.428 e. The van der Waals surface area contributed by atoms with Crippen molar-refractivity contribution < 1.29 is 14.3 Å². The lowest BCUT2D eigenvalue weighted by Gasteiger charge is -2.31. The average Bonchev–Trinajstić information content (AvgIpc) is 2.59. The number of aromatic nitrogens is 1. The van der Waals surface area contributed by atoms with Gasteiger partial charge in [-0.2, -0.15) is 0 Å². The molecule has 0 amide bonds. The van der Waals surface area contributed by atoms with E-state index in [0.717, 1.165) is 30.5 Å². The van der Waals surface area contributed by atoms with Crippen LogP contribution in [0.1, 0.15) is 30.5 Å². The zero-order valence-electron chi connectivity index (χ0n) is 9.81. The SMILES string of the molecule is CO[C@]12OC(=O)C[C@H]1CCCc1ncccc12. The maximum Gasteiger partial charge on any atom is 0.309 e. The van der Waals surface area contributed by atoms with Gasteiger partial charge in [0.1, 0.15) is 0 Å². The molecule has 90 valence electrons. The first-order chi connectivity index (χ1) is 8.26. The highest BCUT2D eigenvalue weighted by Crippen LogP contribution is 2.47. The quantitative estimate of drug-likeness (QED) is 0.694. The first-order valence-corrected chi connectivity index (χ1v) is 5.97. The third kappa shape index (κ3) is 1.47. The number of carbonyl (C=O) groups is 1. The Morgan fingerprint density at radius 2 is 2.47 bits per heavy atom. The molecular formula is C13H15NO3. The van der Waals surface area contributed by atoms with Gasteiger partial charge in [-0.05, 0) is 31.4 Å². The second-order valence-corrected chi connectivity index (χ2v) is 4.64. The molecular weight excluding hydrogens is 218 g/mol. The van der Waals surface area contributed by atoms with Crippen LogP contribution in [0.15, 0.2) is 18.3 Å². The van der Waals surface area contributed by atoms with Gasteiger partial charge in [-0.25, -0.2) is 0 Å². The molecule has 4 heteroatoms. The predicted octanol–water partition coefficient (Wildman–Crippen LogP) is 1.78. The summed E-state index contributed by atoms with van der Waals surface area (Å²) in [6.07, 6.45) is 5.11. The highest BCUT2D eigenvalue weighted by molar-refractivity contribution is 5.73. The third-order valence-electron chi connectivity index (χ3n) is 3.75. The minimum absolute atomic E-state index is 0.116. The molecule has 0 unspecified atom stereocenters. The number of pyridine rings is 1. The van der Waals surface area contributed by atoms with Crippen molar-refractivity contribution in [2.75, 3.05) is 7.11 Å². The van der Waals surface area contributed by atoms with Gasteiger partial charge in [0, 0.05) is 24.8 Å². The maximum atomic E-state index is 11.6. The molecule has 2 heterocycles. The smallest absolute Gasteiger partial charge is 0.309 e. The van der Waals surface area contributed by atoms with E-state index in [9.17, 15) is 4.79 Å². The Bertz CT molecular complexity index is 460. The molecule has 1 aliphatic heterocycles. The van der Waals surface area contributed by atoms with Crippen LogP contribution in [0.5, 0.6) is 0 Å². The Hall–Kier alpha value is -1.42.